The highest BCUT2D eigenvalue weighted by Crippen LogP contribution is 2.17. The second-order valence-corrected chi connectivity index (χ2v) is 8.75. The number of nitrogens with one attached hydrogen (secondary N) is 2. The fourth-order valence-corrected chi connectivity index (χ4v) is 4.18. The summed E-state index contributed by atoms with van der Waals surface area (Å²) in [4.78, 5) is 25.3. The molecule has 3 rings (SSSR count). The lowest BCUT2D eigenvalue weighted by molar-refractivity contribution is 0.102. The van der Waals surface area contributed by atoms with Gasteiger partial charge in [-0.2, -0.15) is 0 Å². The molecule has 0 aliphatic heterocycles. The Kier molecular flexibility index (Phi) is 6.44. The van der Waals surface area contributed by atoms with Crippen LogP contribution in [0.4, 0.5) is 5.69 Å². The number of ketones is 1. The Labute approximate surface area is 176 Å². The normalized spacial score (nSPS) is 11.3. The quantitative estimate of drug-likeness (QED) is 0.566. The van der Waals surface area contributed by atoms with Gasteiger partial charge in [-0.05, 0) is 44.2 Å². The zero-order valence-corrected chi connectivity index (χ0v) is 17.4. The van der Waals surface area contributed by atoms with Crippen molar-refractivity contribution in [1.82, 2.24) is 4.72 Å². The van der Waals surface area contributed by atoms with Crippen LogP contribution in [0.5, 0.6) is 0 Å². The first-order valence-electron chi connectivity index (χ1n) is 9.40. The van der Waals surface area contributed by atoms with Gasteiger partial charge in [0.25, 0.3) is 5.91 Å². The van der Waals surface area contributed by atoms with E-state index >= 15 is 0 Å². The van der Waals surface area contributed by atoms with Crippen LogP contribution in [0.1, 0.15) is 40.1 Å². The van der Waals surface area contributed by atoms with E-state index in [-0.39, 0.29) is 22.3 Å². The average Bonchev–Trinajstić information content (AvgIpc) is 2.73. The predicted octanol–water partition coefficient (Wildman–Crippen LogP) is 3.86. The molecule has 0 atom stereocenters. The molecule has 3 aromatic carbocycles. The summed E-state index contributed by atoms with van der Waals surface area (Å²) in [6.45, 7) is 3.44. The highest BCUT2D eigenvalue weighted by atomic mass is 32.2. The van der Waals surface area contributed by atoms with E-state index in [2.05, 4.69) is 10.0 Å². The third-order valence-corrected chi connectivity index (χ3v) is 5.87. The first-order chi connectivity index (χ1) is 14.3. The van der Waals surface area contributed by atoms with Crippen molar-refractivity contribution in [2.75, 3.05) is 5.32 Å². The Morgan fingerprint density at radius 2 is 1.40 bits per heavy atom. The number of amides is 1. The second kappa shape index (κ2) is 9.02. The molecule has 6 nitrogen and oxygen atoms in total. The van der Waals surface area contributed by atoms with Gasteiger partial charge in [0.1, 0.15) is 0 Å². The molecule has 0 bridgehead atoms. The van der Waals surface area contributed by atoms with E-state index in [9.17, 15) is 18.0 Å². The third kappa shape index (κ3) is 5.20. The van der Waals surface area contributed by atoms with Crippen LogP contribution in [0.25, 0.3) is 0 Å². The van der Waals surface area contributed by atoms with E-state index in [0.717, 1.165) is 0 Å². The molecular weight excluding hydrogens is 400 g/mol. The Morgan fingerprint density at radius 3 is 2.10 bits per heavy atom. The highest BCUT2D eigenvalue weighted by Gasteiger charge is 2.17. The number of carbonyl (C=O) groups is 2. The molecule has 0 aromatic heterocycles. The van der Waals surface area contributed by atoms with E-state index in [1.54, 1.807) is 62.4 Å². The standard InChI is InChI=1S/C23H22N2O4S/c1-16(2)25-30(28,29)21-13-7-11-19(15-21)23(27)24-20-12-6-10-18(14-20)22(26)17-8-4-3-5-9-17/h3-16,25H,1-2H3,(H,24,27). The van der Waals surface area contributed by atoms with Gasteiger partial charge in [0.2, 0.25) is 10.0 Å². The van der Waals surface area contributed by atoms with Crippen LogP contribution >= 0.6 is 0 Å². The number of hydrogen-bond acceptors (Lipinski definition) is 4. The van der Waals surface area contributed by atoms with E-state index < -0.39 is 15.9 Å². The van der Waals surface area contributed by atoms with Crippen molar-refractivity contribution < 1.29 is 18.0 Å². The van der Waals surface area contributed by atoms with Crippen molar-refractivity contribution in [3.05, 3.63) is 95.6 Å². The molecule has 0 heterocycles. The van der Waals surface area contributed by atoms with E-state index in [1.165, 1.54) is 24.3 Å². The van der Waals surface area contributed by atoms with Gasteiger partial charge >= 0.3 is 0 Å². The monoisotopic (exact) mass is 422 g/mol. The molecule has 0 aliphatic carbocycles. The van der Waals surface area contributed by atoms with Crippen LogP contribution in [0.3, 0.4) is 0 Å². The lowest BCUT2D eigenvalue weighted by atomic mass is 10.0. The summed E-state index contributed by atoms with van der Waals surface area (Å²) < 4.78 is 27.2. The van der Waals surface area contributed by atoms with Crippen molar-refractivity contribution in [2.45, 2.75) is 24.8 Å². The highest BCUT2D eigenvalue weighted by molar-refractivity contribution is 7.89. The van der Waals surface area contributed by atoms with Crippen LogP contribution in [0.2, 0.25) is 0 Å². The number of carbonyl (C=O) groups excluding carboxylic acids is 2. The molecule has 1 amide bonds. The summed E-state index contributed by atoms with van der Waals surface area (Å²) in [6, 6.07) is 21.0. The third-order valence-electron chi connectivity index (χ3n) is 4.22. The minimum absolute atomic E-state index is 0.0110. The maximum atomic E-state index is 12.7. The van der Waals surface area contributed by atoms with Crippen LogP contribution in [0.15, 0.2) is 83.8 Å². The fourth-order valence-electron chi connectivity index (χ4n) is 2.88. The van der Waals surface area contributed by atoms with Crippen LogP contribution in [-0.2, 0) is 10.0 Å². The van der Waals surface area contributed by atoms with Gasteiger partial charge in [0.15, 0.2) is 5.78 Å². The van der Waals surface area contributed by atoms with E-state index in [4.69, 9.17) is 0 Å². The second-order valence-electron chi connectivity index (χ2n) is 7.03. The largest absolute Gasteiger partial charge is 0.322 e. The zero-order valence-electron chi connectivity index (χ0n) is 16.6. The first-order valence-corrected chi connectivity index (χ1v) is 10.9. The molecule has 0 radical (unpaired) electrons. The summed E-state index contributed by atoms with van der Waals surface area (Å²) in [5, 5.41) is 2.72. The number of hydrogen-bond donors (Lipinski definition) is 2. The average molecular weight is 423 g/mol. The molecule has 2 N–H and O–H groups in total. The summed E-state index contributed by atoms with van der Waals surface area (Å²) in [5.74, 6) is -0.625. The minimum atomic E-state index is -3.71. The van der Waals surface area contributed by atoms with Gasteiger partial charge in [-0.25, -0.2) is 13.1 Å². The number of rotatable bonds is 7. The van der Waals surface area contributed by atoms with Crippen LogP contribution in [-0.4, -0.2) is 26.2 Å². The van der Waals surface area contributed by atoms with E-state index in [1.807, 2.05) is 6.07 Å². The van der Waals surface area contributed by atoms with Gasteiger partial charge in [0, 0.05) is 28.4 Å². The number of benzene rings is 3. The minimum Gasteiger partial charge on any atom is -0.322 e. The lowest BCUT2D eigenvalue weighted by Gasteiger charge is -2.11. The van der Waals surface area contributed by atoms with Gasteiger partial charge < -0.3 is 5.32 Å². The van der Waals surface area contributed by atoms with Crippen molar-refractivity contribution >= 4 is 27.4 Å². The maximum Gasteiger partial charge on any atom is 0.255 e. The predicted molar refractivity (Wildman–Crippen MR) is 116 cm³/mol. The molecule has 0 aliphatic rings. The molecule has 7 heteroatoms. The number of anilines is 1. The van der Waals surface area contributed by atoms with Crippen LogP contribution in [0, 0.1) is 0 Å². The zero-order chi connectivity index (χ0) is 21.7. The van der Waals surface area contributed by atoms with Gasteiger partial charge in [-0.15, -0.1) is 0 Å². The molecule has 3 aromatic rings. The Morgan fingerprint density at radius 1 is 0.767 bits per heavy atom. The molecular formula is C23H22N2O4S. The van der Waals surface area contributed by atoms with Crippen molar-refractivity contribution in [3.63, 3.8) is 0 Å². The Hall–Kier alpha value is -3.29. The SMILES string of the molecule is CC(C)NS(=O)(=O)c1cccc(C(=O)Nc2cccc(C(=O)c3ccccc3)c2)c1. The fraction of sp³-hybridized carbons (Fsp3) is 0.130. The van der Waals surface area contributed by atoms with Crippen molar-refractivity contribution in [1.29, 1.82) is 0 Å². The topological polar surface area (TPSA) is 92.3 Å². The molecule has 0 fully saturated rings. The molecule has 0 saturated heterocycles. The smallest absolute Gasteiger partial charge is 0.255 e. The van der Waals surface area contributed by atoms with Gasteiger partial charge in [0.05, 0.1) is 4.90 Å². The van der Waals surface area contributed by atoms with Gasteiger partial charge in [-0.1, -0.05) is 48.5 Å². The molecule has 0 saturated carbocycles. The van der Waals surface area contributed by atoms with Crippen molar-refractivity contribution in [3.8, 4) is 0 Å². The Balaban J connectivity index is 1.80. The summed E-state index contributed by atoms with van der Waals surface area (Å²) >= 11 is 0. The number of sulfonamides is 1. The van der Waals surface area contributed by atoms with Crippen LogP contribution < -0.4 is 10.0 Å². The Bertz CT molecular complexity index is 1170. The molecule has 0 unspecified atom stereocenters. The maximum absolute atomic E-state index is 12.7. The molecule has 0 spiro atoms. The van der Waals surface area contributed by atoms with E-state index in [0.29, 0.717) is 16.8 Å². The molecule has 154 valence electrons. The summed E-state index contributed by atoms with van der Waals surface area (Å²) in [5.41, 5.74) is 1.63. The van der Waals surface area contributed by atoms with Gasteiger partial charge in [-0.3, -0.25) is 9.59 Å². The van der Waals surface area contributed by atoms with Crippen molar-refractivity contribution in [2.24, 2.45) is 0 Å². The lowest BCUT2D eigenvalue weighted by Crippen LogP contribution is -2.30. The first kappa shape index (κ1) is 21.4. The molecule has 30 heavy (non-hydrogen) atoms. The summed E-state index contributed by atoms with van der Waals surface area (Å²) in [6.07, 6.45) is 0. The summed E-state index contributed by atoms with van der Waals surface area (Å²) in [7, 11) is -3.71.